The molecule has 0 radical (unpaired) electrons. The molecule has 12 heavy (non-hydrogen) atoms. The molecule has 3 atom stereocenters. The first-order chi connectivity index (χ1) is 5.60. The van der Waals surface area contributed by atoms with Gasteiger partial charge in [-0.3, -0.25) is 4.79 Å². The van der Waals surface area contributed by atoms with E-state index in [1.807, 2.05) is 0 Å². The Labute approximate surface area is 86.2 Å². The lowest BCUT2D eigenvalue weighted by Gasteiger charge is -2.31. The van der Waals surface area contributed by atoms with Gasteiger partial charge < -0.3 is 4.74 Å². The Morgan fingerprint density at radius 3 is 2.75 bits per heavy atom. The molecule has 2 aliphatic carbocycles. The van der Waals surface area contributed by atoms with Crippen molar-refractivity contribution >= 4 is 28.6 Å². The zero-order chi connectivity index (χ0) is 8.77. The Bertz CT molecular complexity index is 217. The fourth-order valence-electron chi connectivity index (χ4n) is 2.58. The molecule has 0 saturated heterocycles. The molecule has 0 spiro atoms. The van der Waals surface area contributed by atoms with Crippen LogP contribution in [-0.2, 0) is 9.53 Å². The molecule has 68 valence electrons. The largest absolute Gasteiger partial charge is 0.448 e. The first kappa shape index (κ1) is 8.78. The highest BCUT2D eigenvalue weighted by Gasteiger charge is 2.51. The lowest BCUT2D eigenvalue weighted by Crippen LogP contribution is -2.33. The van der Waals surface area contributed by atoms with Crippen molar-refractivity contribution in [1.82, 2.24) is 0 Å². The summed E-state index contributed by atoms with van der Waals surface area (Å²) in [7, 11) is 0. The molecule has 3 heteroatoms. The van der Waals surface area contributed by atoms with Crippen LogP contribution in [0.5, 0.6) is 0 Å². The number of hydrogen-bond acceptors (Lipinski definition) is 2. The van der Waals surface area contributed by atoms with Crippen molar-refractivity contribution < 1.29 is 9.53 Å². The number of esters is 1. The van der Waals surface area contributed by atoms with Gasteiger partial charge in [-0.2, -0.15) is 0 Å². The van der Waals surface area contributed by atoms with Crippen LogP contribution in [0.3, 0.4) is 0 Å². The molecule has 0 aromatic rings. The third-order valence-corrected chi connectivity index (χ3v) is 4.57. The van der Waals surface area contributed by atoms with Crippen LogP contribution in [-0.4, -0.2) is 9.58 Å². The number of fused-ring (bicyclic) bond motifs is 2. The average molecular weight is 280 g/mol. The maximum Gasteiger partial charge on any atom is 0.303 e. The average Bonchev–Trinajstić information content (AvgIpc) is 2.42. The standard InChI is InChI=1S/C9H13IO2/c1-6(11)12-9(10)5-7-2-3-8(9)4-7/h7-8H,2-5H2,1H3. The van der Waals surface area contributed by atoms with E-state index in [4.69, 9.17) is 4.74 Å². The summed E-state index contributed by atoms with van der Waals surface area (Å²) < 4.78 is 5.23. The van der Waals surface area contributed by atoms with Gasteiger partial charge in [0.05, 0.1) is 0 Å². The van der Waals surface area contributed by atoms with E-state index in [9.17, 15) is 4.79 Å². The van der Waals surface area contributed by atoms with Crippen LogP contribution >= 0.6 is 22.6 Å². The second-order valence-corrected chi connectivity index (χ2v) is 5.79. The SMILES string of the molecule is CC(=O)OC1(I)CC2CCC1C2. The molecule has 0 aliphatic heterocycles. The van der Waals surface area contributed by atoms with Crippen molar-refractivity contribution in [2.24, 2.45) is 11.8 Å². The maximum absolute atomic E-state index is 10.9. The van der Waals surface area contributed by atoms with Crippen LogP contribution in [0.2, 0.25) is 0 Å². The first-order valence-electron chi connectivity index (χ1n) is 4.48. The van der Waals surface area contributed by atoms with Gasteiger partial charge in [-0.25, -0.2) is 0 Å². The number of carbonyl (C=O) groups excluding carboxylic acids is 1. The van der Waals surface area contributed by atoms with Gasteiger partial charge in [-0.15, -0.1) is 0 Å². The predicted molar refractivity (Wildman–Crippen MR) is 54.0 cm³/mol. The Balaban J connectivity index is 2.07. The van der Waals surface area contributed by atoms with E-state index in [-0.39, 0.29) is 9.58 Å². The molecule has 2 nitrogen and oxygen atoms in total. The van der Waals surface area contributed by atoms with Gasteiger partial charge in [0, 0.05) is 12.8 Å². The number of halogens is 1. The van der Waals surface area contributed by atoms with Gasteiger partial charge in [0.1, 0.15) is 0 Å². The third-order valence-electron chi connectivity index (χ3n) is 3.03. The zero-order valence-electron chi connectivity index (χ0n) is 7.18. The highest BCUT2D eigenvalue weighted by Crippen LogP contribution is 2.55. The molecule has 0 aromatic heterocycles. The summed E-state index contributed by atoms with van der Waals surface area (Å²) in [5.74, 6) is 1.33. The van der Waals surface area contributed by atoms with E-state index >= 15 is 0 Å². The van der Waals surface area contributed by atoms with Crippen molar-refractivity contribution in [1.29, 1.82) is 0 Å². The van der Waals surface area contributed by atoms with Crippen LogP contribution in [0.15, 0.2) is 0 Å². The molecule has 2 rings (SSSR count). The second-order valence-electron chi connectivity index (χ2n) is 3.96. The van der Waals surface area contributed by atoms with Crippen molar-refractivity contribution in [2.75, 3.05) is 0 Å². The summed E-state index contributed by atoms with van der Waals surface area (Å²) in [6, 6.07) is 0. The Kier molecular flexibility index (Phi) is 2.09. The van der Waals surface area contributed by atoms with Crippen LogP contribution in [0.1, 0.15) is 32.6 Å². The van der Waals surface area contributed by atoms with Crippen molar-refractivity contribution in [3.63, 3.8) is 0 Å². The summed E-state index contributed by atoms with van der Waals surface area (Å²) in [5, 5.41) is 0. The Hall–Kier alpha value is 0.200. The summed E-state index contributed by atoms with van der Waals surface area (Å²) in [5.41, 5.74) is 0. The number of hydrogen-bond donors (Lipinski definition) is 0. The molecule has 2 bridgehead atoms. The van der Waals surface area contributed by atoms with E-state index in [0.29, 0.717) is 5.92 Å². The van der Waals surface area contributed by atoms with Gasteiger partial charge >= 0.3 is 5.97 Å². The van der Waals surface area contributed by atoms with Gasteiger partial charge in [0.25, 0.3) is 0 Å². The minimum Gasteiger partial charge on any atom is -0.448 e. The predicted octanol–water partition coefficient (Wildman–Crippen LogP) is 2.50. The first-order valence-corrected chi connectivity index (χ1v) is 5.56. The lowest BCUT2D eigenvalue weighted by molar-refractivity contribution is -0.150. The number of carbonyl (C=O) groups is 1. The van der Waals surface area contributed by atoms with Crippen LogP contribution in [0, 0.1) is 11.8 Å². The van der Waals surface area contributed by atoms with Gasteiger partial charge in [-0.05, 0) is 54.2 Å². The molecule has 0 N–H and O–H groups in total. The molecule has 0 aromatic carbocycles. The number of ether oxygens (including phenoxy) is 1. The molecule has 3 unspecified atom stereocenters. The molecule has 2 fully saturated rings. The normalized spacial score (nSPS) is 44.8. The summed E-state index contributed by atoms with van der Waals surface area (Å²) in [6.45, 7) is 1.51. The minimum absolute atomic E-state index is 0.128. The monoisotopic (exact) mass is 280 g/mol. The van der Waals surface area contributed by atoms with E-state index in [1.54, 1.807) is 0 Å². The summed E-state index contributed by atoms with van der Waals surface area (Å²) in [4.78, 5) is 10.9. The molecule has 2 saturated carbocycles. The fraction of sp³-hybridized carbons (Fsp3) is 0.889. The van der Waals surface area contributed by atoms with Crippen LogP contribution in [0.4, 0.5) is 0 Å². The Morgan fingerprint density at radius 1 is 1.58 bits per heavy atom. The number of alkyl halides is 1. The van der Waals surface area contributed by atoms with Crippen LogP contribution < -0.4 is 0 Å². The Morgan fingerprint density at radius 2 is 2.33 bits per heavy atom. The van der Waals surface area contributed by atoms with E-state index in [1.165, 1.54) is 26.2 Å². The van der Waals surface area contributed by atoms with Crippen molar-refractivity contribution in [3.8, 4) is 0 Å². The minimum atomic E-state index is -0.146. The van der Waals surface area contributed by atoms with Gasteiger partial charge in [-0.1, -0.05) is 0 Å². The molecule has 0 heterocycles. The van der Waals surface area contributed by atoms with Crippen LogP contribution in [0.25, 0.3) is 0 Å². The highest BCUT2D eigenvalue weighted by molar-refractivity contribution is 14.1. The zero-order valence-corrected chi connectivity index (χ0v) is 9.34. The number of rotatable bonds is 1. The van der Waals surface area contributed by atoms with Crippen molar-refractivity contribution in [2.45, 2.75) is 36.2 Å². The second kappa shape index (κ2) is 2.86. The highest BCUT2D eigenvalue weighted by atomic mass is 127. The summed E-state index contributed by atoms with van der Waals surface area (Å²) in [6.07, 6.45) is 4.95. The quantitative estimate of drug-likeness (QED) is 0.419. The fourth-order valence-corrected chi connectivity index (χ4v) is 4.07. The molecular weight excluding hydrogens is 267 g/mol. The van der Waals surface area contributed by atoms with E-state index in [0.717, 1.165) is 12.3 Å². The lowest BCUT2D eigenvalue weighted by atomic mass is 9.98. The van der Waals surface area contributed by atoms with E-state index < -0.39 is 0 Å². The van der Waals surface area contributed by atoms with Crippen molar-refractivity contribution in [3.05, 3.63) is 0 Å². The van der Waals surface area contributed by atoms with Gasteiger partial charge in [0.2, 0.25) is 0 Å². The third kappa shape index (κ3) is 1.36. The smallest absolute Gasteiger partial charge is 0.303 e. The topological polar surface area (TPSA) is 26.3 Å². The molecule has 2 aliphatic rings. The summed E-state index contributed by atoms with van der Waals surface area (Å²) >= 11 is 2.33. The van der Waals surface area contributed by atoms with Gasteiger partial charge in [0.15, 0.2) is 3.61 Å². The molecular formula is C9H13IO2. The van der Waals surface area contributed by atoms with E-state index in [2.05, 4.69) is 22.6 Å². The maximum atomic E-state index is 10.9. The molecule has 0 amide bonds.